The van der Waals surface area contributed by atoms with Crippen LogP contribution in [-0.2, 0) is 26.2 Å². The van der Waals surface area contributed by atoms with Crippen LogP contribution in [0.2, 0.25) is 0 Å². The summed E-state index contributed by atoms with van der Waals surface area (Å²) in [6.07, 6.45) is 0.745. The van der Waals surface area contributed by atoms with Crippen molar-refractivity contribution >= 4 is 43.5 Å². The van der Waals surface area contributed by atoms with Gasteiger partial charge in [0.2, 0.25) is 11.8 Å². The Balaban J connectivity index is 2.05. The van der Waals surface area contributed by atoms with E-state index < -0.39 is 28.5 Å². The number of benzene rings is 3. The van der Waals surface area contributed by atoms with E-state index in [1.165, 1.54) is 17.0 Å². The summed E-state index contributed by atoms with van der Waals surface area (Å²) in [5.74, 6) is -0.774. The highest BCUT2D eigenvalue weighted by atomic mass is 79.9. The van der Waals surface area contributed by atoms with Crippen LogP contribution >= 0.6 is 15.9 Å². The molecule has 3 aromatic rings. The average molecular weight is 615 g/mol. The highest BCUT2D eigenvalue weighted by Gasteiger charge is 2.33. The third-order valence-electron chi connectivity index (χ3n) is 6.68. The predicted molar refractivity (Wildman–Crippen MR) is 159 cm³/mol. The number of nitrogens with one attached hydrogen (secondary N) is 1. The predicted octanol–water partition coefficient (Wildman–Crippen LogP) is 5.59. The molecule has 0 radical (unpaired) electrons. The standard InChI is InChI=1S/C30H36BrN3O4S/c1-6-23(4)32-30(36)24(5)33(19-25-14-16-26(31)17-15-25)29(35)20-34(28-18-21(2)12-13-22(28)3)39(37,38)27-10-8-7-9-11-27/h7-18,23-24H,6,19-20H2,1-5H3,(H,32,36)/t23-,24+/m1/s1. The van der Waals surface area contributed by atoms with Crippen molar-refractivity contribution in [2.45, 2.75) is 64.6 Å². The SMILES string of the molecule is CC[C@@H](C)NC(=O)[C@H](C)N(Cc1ccc(Br)cc1)C(=O)CN(c1cc(C)ccc1C)S(=O)(=O)c1ccccc1. The Morgan fingerprint density at radius 1 is 0.949 bits per heavy atom. The molecule has 7 nitrogen and oxygen atoms in total. The van der Waals surface area contributed by atoms with Gasteiger partial charge in [0.1, 0.15) is 12.6 Å². The molecule has 0 bridgehead atoms. The number of nitrogens with zero attached hydrogens (tertiary/aromatic N) is 2. The molecule has 3 rings (SSSR count). The fourth-order valence-corrected chi connectivity index (χ4v) is 5.81. The number of halogens is 1. The second-order valence-corrected chi connectivity index (χ2v) is 12.5. The molecule has 2 atom stereocenters. The van der Waals surface area contributed by atoms with Crippen molar-refractivity contribution in [3.63, 3.8) is 0 Å². The molecule has 0 aliphatic carbocycles. The van der Waals surface area contributed by atoms with Crippen molar-refractivity contribution in [2.24, 2.45) is 0 Å². The van der Waals surface area contributed by atoms with E-state index in [0.29, 0.717) is 5.69 Å². The first-order valence-electron chi connectivity index (χ1n) is 12.9. The lowest BCUT2D eigenvalue weighted by Crippen LogP contribution is -2.52. The van der Waals surface area contributed by atoms with E-state index in [1.54, 1.807) is 31.2 Å². The summed E-state index contributed by atoms with van der Waals surface area (Å²) < 4.78 is 29.9. The van der Waals surface area contributed by atoms with Gasteiger partial charge in [0.25, 0.3) is 10.0 Å². The van der Waals surface area contributed by atoms with Gasteiger partial charge in [-0.1, -0.05) is 65.3 Å². The third kappa shape index (κ3) is 7.70. The maximum atomic E-state index is 14.0. The van der Waals surface area contributed by atoms with Crippen molar-refractivity contribution in [3.05, 3.63) is 94.0 Å². The molecule has 2 amide bonds. The first-order valence-corrected chi connectivity index (χ1v) is 15.2. The largest absolute Gasteiger partial charge is 0.352 e. The number of carbonyl (C=O) groups excluding carboxylic acids is 2. The summed E-state index contributed by atoms with van der Waals surface area (Å²) in [6, 6.07) is 20.1. The fourth-order valence-electron chi connectivity index (χ4n) is 4.06. The van der Waals surface area contributed by atoms with Gasteiger partial charge >= 0.3 is 0 Å². The molecule has 0 saturated heterocycles. The van der Waals surface area contributed by atoms with Crippen molar-refractivity contribution in [1.82, 2.24) is 10.2 Å². The molecule has 0 aromatic heterocycles. The minimum absolute atomic E-state index is 0.0607. The molecule has 1 N–H and O–H groups in total. The minimum Gasteiger partial charge on any atom is -0.352 e. The van der Waals surface area contributed by atoms with Crippen LogP contribution in [0.5, 0.6) is 0 Å². The normalized spacial score (nSPS) is 12.9. The van der Waals surface area contributed by atoms with Gasteiger partial charge in [0.05, 0.1) is 10.6 Å². The molecule has 39 heavy (non-hydrogen) atoms. The Labute approximate surface area is 240 Å². The summed E-state index contributed by atoms with van der Waals surface area (Å²) in [7, 11) is -4.09. The number of carbonyl (C=O) groups is 2. The van der Waals surface area contributed by atoms with Crippen LogP contribution in [0.15, 0.2) is 82.2 Å². The Bertz CT molecular complexity index is 1400. The lowest BCUT2D eigenvalue weighted by molar-refractivity contribution is -0.139. The number of hydrogen-bond acceptors (Lipinski definition) is 4. The zero-order valence-electron chi connectivity index (χ0n) is 23.0. The van der Waals surface area contributed by atoms with Crippen LogP contribution in [0.3, 0.4) is 0 Å². The van der Waals surface area contributed by atoms with Gasteiger partial charge < -0.3 is 10.2 Å². The molecule has 0 aliphatic rings. The zero-order chi connectivity index (χ0) is 28.7. The Morgan fingerprint density at radius 2 is 1.59 bits per heavy atom. The number of rotatable bonds is 11. The van der Waals surface area contributed by atoms with Crippen molar-refractivity contribution in [2.75, 3.05) is 10.8 Å². The molecule has 0 spiro atoms. The first kappa shape index (κ1) is 30.4. The van der Waals surface area contributed by atoms with E-state index in [-0.39, 0.29) is 23.4 Å². The lowest BCUT2D eigenvalue weighted by Gasteiger charge is -2.33. The molecule has 0 fully saturated rings. The molecule has 3 aromatic carbocycles. The summed E-state index contributed by atoms with van der Waals surface area (Å²) in [4.78, 5) is 28.7. The van der Waals surface area contributed by atoms with E-state index in [0.717, 1.165) is 31.9 Å². The molecular weight excluding hydrogens is 578 g/mol. The molecular formula is C30H36BrN3O4S. The number of anilines is 1. The van der Waals surface area contributed by atoms with Gasteiger partial charge in [-0.05, 0) is 81.1 Å². The highest BCUT2D eigenvalue weighted by molar-refractivity contribution is 9.10. The maximum Gasteiger partial charge on any atom is 0.264 e. The van der Waals surface area contributed by atoms with Gasteiger partial charge in [-0.15, -0.1) is 0 Å². The number of hydrogen-bond donors (Lipinski definition) is 1. The van der Waals surface area contributed by atoms with Gasteiger partial charge in [-0.2, -0.15) is 0 Å². The van der Waals surface area contributed by atoms with Crippen LogP contribution in [0.4, 0.5) is 5.69 Å². The average Bonchev–Trinajstić information content (AvgIpc) is 2.92. The number of aryl methyl sites for hydroxylation is 2. The summed E-state index contributed by atoms with van der Waals surface area (Å²) in [6.45, 7) is 8.92. The highest BCUT2D eigenvalue weighted by Crippen LogP contribution is 2.28. The van der Waals surface area contributed by atoms with Gasteiger partial charge in [-0.3, -0.25) is 13.9 Å². The quantitative estimate of drug-likeness (QED) is 0.305. The van der Waals surface area contributed by atoms with Crippen LogP contribution in [0.25, 0.3) is 0 Å². The van der Waals surface area contributed by atoms with Gasteiger partial charge in [0.15, 0.2) is 0 Å². The van der Waals surface area contributed by atoms with E-state index in [9.17, 15) is 18.0 Å². The zero-order valence-corrected chi connectivity index (χ0v) is 25.4. The molecule has 0 heterocycles. The molecule has 9 heteroatoms. The van der Waals surface area contributed by atoms with Crippen molar-refractivity contribution in [3.8, 4) is 0 Å². The Morgan fingerprint density at radius 3 is 2.21 bits per heavy atom. The first-order chi connectivity index (χ1) is 18.4. The van der Waals surface area contributed by atoms with E-state index in [2.05, 4.69) is 21.2 Å². The summed E-state index contributed by atoms with van der Waals surface area (Å²) in [5, 5.41) is 2.95. The molecule has 0 unspecified atom stereocenters. The summed E-state index contributed by atoms with van der Waals surface area (Å²) in [5.41, 5.74) is 2.82. The van der Waals surface area contributed by atoms with E-state index >= 15 is 0 Å². The Hall–Kier alpha value is -3.17. The van der Waals surface area contributed by atoms with Crippen LogP contribution in [-0.4, -0.2) is 43.8 Å². The van der Waals surface area contributed by atoms with Crippen LogP contribution in [0.1, 0.15) is 43.9 Å². The Kier molecular flexibility index (Phi) is 10.3. The number of sulfonamides is 1. The third-order valence-corrected chi connectivity index (χ3v) is 8.98. The van der Waals surface area contributed by atoms with Crippen molar-refractivity contribution in [1.29, 1.82) is 0 Å². The molecule has 0 saturated carbocycles. The van der Waals surface area contributed by atoms with Gasteiger partial charge in [0, 0.05) is 17.1 Å². The number of amides is 2. The van der Waals surface area contributed by atoms with E-state index in [4.69, 9.17) is 0 Å². The van der Waals surface area contributed by atoms with Crippen LogP contribution in [0, 0.1) is 13.8 Å². The molecule has 0 aliphatic heterocycles. The fraction of sp³-hybridized carbons (Fsp3) is 0.333. The summed E-state index contributed by atoms with van der Waals surface area (Å²) >= 11 is 3.42. The van der Waals surface area contributed by atoms with Crippen LogP contribution < -0.4 is 9.62 Å². The monoisotopic (exact) mass is 613 g/mol. The topological polar surface area (TPSA) is 86.8 Å². The van der Waals surface area contributed by atoms with Crippen molar-refractivity contribution < 1.29 is 18.0 Å². The maximum absolute atomic E-state index is 14.0. The second-order valence-electron chi connectivity index (χ2n) is 9.76. The smallest absolute Gasteiger partial charge is 0.264 e. The van der Waals surface area contributed by atoms with Gasteiger partial charge in [-0.25, -0.2) is 8.42 Å². The minimum atomic E-state index is -4.09. The molecule has 208 valence electrons. The second kappa shape index (κ2) is 13.3. The lowest BCUT2D eigenvalue weighted by atomic mass is 10.1. The van der Waals surface area contributed by atoms with E-state index in [1.807, 2.05) is 64.1 Å².